The lowest BCUT2D eigenvalue weighted by molar-refractivity contribution is -0.604. The zero-order valence-electron chi connectivity index (χ0n) is 46.5. The molecule has 76 heavy (non-hydrogen) atoms. The first-order valence-electron chi connectivity index (χ1n) is 26.6. The van der Waals surface area contributed by atoms with Crippen LogP contribution in [0, 0.1) is 23.0 Å². The topological polar surface area (TPSA) is 250 Å². The summed E-state index contributed by atoms with van der Waals surface area (Å²) in [6, 6.07) is 9.51. The van der Waals surface area contributed by atoms with E-state index in [0.717, 1.165) is 15.9 Å². The Balaban J connectivity index is 1.25. The molecule has 21 heteroatoms. The predicted molar refractivity (Wildman–Crippen MR) is 275 cm³/mol. The highest BCUT2D eigenvalue weighted by Gasteiger charge is 2.53. The normalized spacial score (nSPS) is 37.1. The molecule has 5 heterocycles. The number of ether oxygens (including phenoxy) is 8. The fraction of sp³-hybridized carbons (Fsp3) is 0.727. The first-order valence-corrected chi connectivity index (χ1v) is 26.6. The third kappa shape index (κ3) is 13.5. The Morgan fingerprint density at radius 2 is 1.63 bits per heavy atom. The van der Waals surface area contributed by atoms with Crippen LogP contribution in [-0.2, 0) is 53.9 Å². The summed E-state index contributed by atoms with van der Waals surface area (Å²) < 4.78 is 67.5. The fourth-order valence-corrected chi connectivity index (χ4v) is 11.4. The van der Waals surface area contributed by atoms with Gasteiger partial charge < -0.3 is 68.4 Å². The minimum atomic E-state index is -2.01. The number of likely N-dealkylation sites (N-methyl/N-ethyl adjacent to an activating group) is 1. The maximum absolute atomic E-state index is 14.9. The molecule has 426 valence electrons. The number of aliphatic hydroxyl groups excluding tert-OH is 3. The molecule has 20 nitrogen and oxygen atoms in total. The molecular weight excluding hydrogens is 990 g/mol. The van der Waals surface area contributed by atoms with E-state index in [2.05, 4.69) is 10.3 Å². The van der Waals surface area contributed by atoms with Crippen LogP contribution in [0.25, 0.3) is 11.1 Å². The van der Waals surface area contributed by atoms with E-state index in [9.17, 15) is 39.6 Å². The number of pyridine rings is 1. The van der Waals surface area contributed by atoms with Gasteiger partial charge in [0.2, 0.25) is 0 Å². The van der Waals surface area contributed by atoms with Crippen LogP contribution >= 0.6 is 0 Å². The Morgan fingerprint density at radius 1 is 0.947 bits per heavy atom. The van der Waals surface area contributed by atoms with E-state index in [1.807, 2.05) is 56.1 Å². The zero-order valence-corrected chi connectivity index (χ0v) is 46.5. The van der Waals surface area contributed by atoms with Gasteiger partial charge in [0.1, 0.15) is 48.5 Å². The number of carbonyl (C=O) groups is 2. The zero-order chi connectivity index (χ0) is 56.0. The molecule has 3 aromatic rings. The van der Waals surface area contributed by atoms with Gasteiger partial charge >= 0.3 is 5.97 Å². The standard InChI is InChI=1S/C55H84FN5O15/c1-14-43-55(9,67)48(64)32(3)42(62)21-23-53(7,70-12)50(33(4)46(34(5)51(66)74-43)75-44-27-54(8,71-13)49(65)35(6)73-44)76-52-45(63)40(26-31(2)72-52)59(10)25-22-39-30-61(58-57-39)41(28-56)47(69-11)37-19-17-36(18-20-37)38-16-15-24-60(68)29-38/h15-20,24,29-35,40-41,43-50,52,63-65,67H,14,21-23,25-28H2,1-13H3/t31-,32+,33+,34-,35+,40+,41-,43-,44+,45-,46+,47-,48-,49+,50-,52+,53-,54-,55-/m1/s1. The Bertz CT molecular complexity index is 2350. The molecular formula is C55H84FN5O15. The molecule has 0 radical (unpaired) electrons. The first-order chi connectivity index (χ1) is 35.9. The van der Waals surface area contributed by atoms with Crippen molar-refractivity contribution >= 4 is 11.8 Å². The second kappa shape index (κ2) is 25.8. The largest absolute Gasteiger partial charge is 0.619 e. The molecule has 3 aliphatic rings. The van der Waals surface area contributed by atoms with Crippen LogP contribution in [0.1, 0.15) is 118 Å². The van der Waals surface area contributed by atoms with Crippen LogP contribution in [0.4, 0.5) is 4.39 Å². The van der Waals surface area contributed by atoms with Gasteiger partial charge in [-0.2, -0.15) is 4.73 Å². The number of halogens is 1. The lowest BCUT2D eigenvalue weighted by atomic mass is 9.76. The molecule has 0 unspecified atom stereocenters. The van der Waals surface area contributed by atoms with Crippen LogP contribution in [0.2, 0.25) is 0 Å². The van der Waals surface area contributed by atoms with E-state index in [0.29, 0.717) is 30.6 Å². The van der Waals surface area contributed by atoms with Crippen molar-refractivity contribution in [2.24, 2.45) is 17.8 Å². The molecule has 2 aromatic heterocycles. The van der Waals surface area contributed by atoms with Crippen molar-refractivity contribution in [1.29, 1.82) is 0 Å². The summed E-state index contributed by atoms with van der Waals surface area (Å²) in [6.45, 7) is 14.7. The number of aromatic nitrogens is 4. The predicted octanol–water partition coefficient (Wildman–Crippen LogP) is 4.60. The van der Waals surface area contributed by atoms with Crippen molar-refractivity contribution in [3.63, 3.8) is 0 Å². The Hall–Kier alpha value is -4.10. The van der Waals surface area contributed by atoms with E-state index >= 15 is 0 Å². The number of methoxy groups -OCH3 is 3. The van der Waals surface area contributed by atoms with Gasteiger partial charge in [-0.05, 0) is 85.0 Å². The Labute approximate surface area is 446 Å². The van der Waals surface area contributed by atoms with Gasteiger partial charge in [0.15, 0.2) is 25.0 Å². The number of hydrogen-bond donors (Lipinski definition) is 4. The van der Waals surface area contributed by atoms with Crippen LogP contribution < -0.4 is 4.73 Å². The number of benzene rings is 1. The van der Waals surface area contributed by atoms with Crippen molar-refractivity contribution in [3.05, 3.63) is 71.5 Å². The number of aliphatic hydroxyl groups is 4. The molecule has 3 saturated heterocycles. The Kier molecular flexibility index (Phi) is 20.7. The first kappa shape index (κ1) is 61.1. The Morgan fingerprint density at radius 3 is 2.25 bits per heavy atom. The SMILES string of the molecule is CC[C@H]1OC(=O)[C@H](C)[C@@H](O[C@H]2C[C@@](C)(OC)[C@@H](O)[C@H](C)O2)[C@H](C)[C@@H](O[C@@H]2O[C@H](C)C[C@H](N(C)CCc3cn([C@H](CF)[C@H](OC)c4ccc(-c5ccc[n+]([O-])c5)cc4)nn3)[C@H]2O)[C@](C)(OC)CCC(=O)[C@H](C)[C@@H](O)[C@]1(C)O. The number of esters is 1. The molecule has 0 bridgehead atoms. The summed E-state index contributed by atoms with van der Waals surface area (Å²) >= 11 is 0. The van der Waals surface area contributed by atoms with E-state index in [1.165, 1.54) is 52.3 Å². The number of ketones is 1. The smallest absolute Gasteiger partial charge is 0.311 e. The number of Topliss-reactive ketones (excluding diaryl/α,β-unsaturated/α-hetero) is 1. The number of alkyl halides is 1. The highest BCUT2D eigenvalue weighted by molar-refractivity contribution is 5.81. The molecule has 0 amide bonds. The summed E-state index contributed by atoms with van der Waals surface area (Å²) in [6.07, 6.45) is -5.90. The lowest BCUT2D eigenvalue weighted by Crippen LogP contribution is -2.61. The third-order valence-corrected chi connectivity index (χ3v) is 16.6. The summed E-state index contributed by atoms with van der Waals surface area (Å²) in [5, 5.41) is 67.2. The molecule has 3 fully saturated rings. The van der Waals surface area contributed by atoms with Gasteiger partial charge in [-0.1, -0.05) is 50.3 Å². The lowest BCUT2D eigenvalue weighted by Gasteiger charge is -2.49. The fourth-order valence-electron chi connectivity index (χ4n) is 11.4. The average molecular weight is 1070 g/mol. The van der Waals surface area contributed by atoms with E-state index in [4.69, 9.17) is 37.9 Å². The summed E-state index contributed by atoms with van der Waals surface area (Å²) in [4.78, 5) is 30.4. The van der Waals surface area contributed by atoms with Crippen molar-refractivity contribution in [2.45, 2.75) is 197 Å². The van der Waals surface area contributed by atoms with Crippen LogP contribution in [-0.4, -0.2) is 178 Å². The number of hydrogen-bond acceptors (Lipinski definition) is 18. The number of carbonyl (C=O) groups excluding carboxylic acids is 2. The summed E-state index contributed by atoms with van der Waals surface area (Å²) in [5.41, 5.74) is -1.60. The maximum atomic E-state index is 14.9. The van der Waals surface area contributed by atoms with E-state index in [1.54, 1.807) is 46.9 Å². The van der Waals surface area contributed by atoms with Gasteiger partial charge in [0.05, 0.1) is 53.3 Å². The summed E-state index contributed by atoms with van der Waals surface area (Å²) in [7, 11) is 6.33. The number of cyclic esters (lactones) is 1. The van der Waals surface area contributed by atoms with Gasteiger partial charge in [-0.3, -0.25) is 9.59 Å². The molecule has 6 rings (SSSR count). The minimum Gasteiger partial charge on any atom is -0.619 e. The highest BCUT2D eigenvalue weighted by Crippen LogP contribution is 2.41. The maximum Gasteiger partial charge on any atom is 0.311 e. The second-order valence-electron chi connectivity index (χ2n) is 22.0. The third-order valence-electron chi connectivity index (χ3n) is 16.6. The number of rotatable bonds is 17. The van der Waals surface area contributed by atoms with Crippen molar-refractivity contribution in [3.8, 4) is 11.1 Å². The van der Waals surface area contributed by atoms with E-state index < -0.39 is 127 Å². The average Bonchev–Trinajstić information content (AvgIpc) is 3.88. The minimum absolute atomic E-state index is 0.0467. The summed E-state index contributed by atoms with van der Waals surface area (Å²) in [5.74, 6) is -4.10. The molecule has 1 aromatic carbocycles. The van der Waals surface area contributed by atoms with Crippen LogP contribution in [0.5, 0.6) is 0 Å². The van der Waals surface area contributed by atoms with Crippen LogP contribution in [0.3, 0.4) is 0 Å². The molecule has 19 atom stereocenters. The monoisotopic (exact) mass is 1070 g/mol. The van der Waals surface area contributed by atoms with Gasteiger partial charge in [0, 0.05) is 82.8 Å². The molecule has 4 N–H and O–H groups in total. The van der Waals surface area contributed by atoms with Crippen molar-refractivity contribution < 1.29 is 77.0 Å². The van der Waals surface area contributed by atoms with Crippen LogP contribution in [0.15, 0.2) is 55.0 Å². The van der Waals surface area contributed by atoms with Gasteiger partial charge in [-0.25, -0.2) is 9.07 Å². The molecule has 0 spiro atoms. The van der Waals surface area contributed by atoms with Crippen molar-refractivity contribution in [1.82, 2.24) is 19.9 Å². The molecule has 0 saturated carbocycles. The number of nitrogens with zero attached hydrogens (tertiary/aromatic N) is 5. The quantitative estimate of drug-likeness (QED) is 0.0819. The molecule has 3 aliphatic heterocycles. The van der Waals surface area contributed by atoms with Gasteiger partial charge in [0.25, 0.3) is 0 Å². The van der Waals surface area contributed by atoms with Crippen molar-refractivity contribution in [2.75, 3.05) is 41.6 Å². The highest BCUT2D eigenvalue weighted by atomic mass is 19.1. The van der Waals surface area contributed by atoms with E-state index in [-0.39, 0.29) is 31.5 Å². The second-order valence-corrected chi connectivity index (χ2v) is 22.0. The van der Waals surface area contributed by atoms with Gasteiger partial charge in [-0.15, -0.1) is 5.10 Å². The molecule has 0 aliphatic carbocycles.